The molecule has 1 rings (SSSR count). The quantitative estimate of drug-likeness (QED) is 0.562. The molecular formula is C7H11N3O2S. The van der Waals surface area contributed by atoms with Gasteiger partial charge >= 0.3 is 5.97 Å². The molecule has 1 heterocycles. The van der Waals surface area contributed by atoms with Crippen molar-refractivity contribution in [3.05, 3.63) is 10.3 Å². The van der Waals surface area contributed by atoms with E-state index in [2.05, 4.69) is 15.4 Å². The number of rotatable bonds is 4. The molecule has 0 atom stereocenters. The highest BCUT2D eigenvalue weighted by molar-refractivity contribution is 7.71. The number of carbonyl (C=O) groups is 1. The van der Waals surface area contributed by atoms with Gasteiger partial charge in [-0.1, -0.05) is 12.2 Å². The van der Waals surface area contributed by atoms with Crippen molar-refractivity contribution < 1.29 is 9.53 Å². The third-order valence-electron chi connectivity index (χ3n) is 1.49. The molecule has 0 spiro atoms. The summed E-state index contributed by atoms with van der Waals surface area (Å²) in [6.45, 7) is 2.19. The summed E-state index contributed by atoms with van der Waals surface area (Å²) in [6.07, 6.45) is 0.827. The van der Waals surface area contributed by atoms with Crippen molar-refractivity contribution in [2.75, 3.05) is 6.61 Å². The highest BCUT2D eigenvalue weighted by atomic mass is 32.1. The molecule has 0 amide bonds. The van der Waals surface area contributed by atoms with Crippen LogP contribution in [0.5, 0.6) is 0 Å². The normalized spacial score (nSPS) is 9.92. The Morgan fingerprint density at radius 2 is 2.46 bits per heavy atom. The zero-order chi connectivity index (χ0) is 9.68. The summed E-state index contributed by atoms with van der Waals surface area (Å²) in [4.78, 5) is 10.9. The Labute approximate surface area is 80.5 Å². The van der Waals surface area contributed by atoms with Gasteiger partial charge in [-0.15, -0.1) is 0 Å². The second-order valence-electron chi connectivity index (χ2n) is 2.43. The molecule has 6 heteroatoms. The van der Waals surface area contributed by atoms with Gasteiger partial charge in [0.25, 0.3) is 0 Å². The van der Waals surface area contributed by atoms with E-state index in [-0.39, 0.29) is 5.97 Å². The molecule has 0 unspecified atom stereocenters. The maximum absolute atomic E-state index is 10.9. The number of esters is 1. The number of aryl methyl sites for hydroxylation is 1. The third-order valence-corrected chi connectivity index (χ3v) is 1.83. The average molecular weight is 201 g/mol. The van der Waals surface area contributed by atoms with Gasteiger partial charge < -0.3 is 4.74 Å². The Hall–Kier alpha value is -1.17. The SMILES string of the molecule is CCOC(=O)CCc1n[nH][nH]c1=S. The average Bonchev–Trinajstić information content (AvgIpc) is 2.48. The summed E-state index contributed by atoms with van der Waals surface area (Å²) in [7, 11) is 0. The summed E-state index contributed by atoms with van der Waals surface area (Å²) in [6, 6.07) is 0. The second-order valence-corrected chi connectivity index (χ2v) is 2.84. The predicted octanol–water partition coefficient (Wildman–Crippen LogP) is 0.963. The van der Waals surface area contributed by atoms with Crippen LogP contribution in [0.15, 0.2) is 0 Å². The molecule has 0 aliphatic rings. The van der Waals surface area contributed by atoms with Crippen LogP contribution in [0.1, 0.15) is 19.0 Å². The molecule has 0 aliphatic carbocycles. The summed E-state index contributed by atoms with van der Waals surface area (Å²) in [5.41, 5.74) is 0.697. The second kappa shape index (κ2) is 4.76. The minimum atomic E-state index is -0.222. The molecule has 0 aromatic carbocycles. The topological polar surface area (TPSA) is 70.8 Å². The van der Waals surface area contributed by atoms with Crippen molar-refractivity contribution in [2.45, 2.75) is 19.8 Å². The van der Waals surface area contributed by atoms with Gasteiger partial charge in [0.1, 0.15) is 4.64 Å². The van der Waals surface area contributed by atoms with E-state index in [0.717, 1.165) is 0 Å². The largest absolute Gasteiger partial charge is 0.466 e. The van der Waals surface area contributed by atoms with Gasteiger partial charge in [-0.05, 0) is 6.92 Å². The van der Waals surface area contributed by atoms with Crippen LogP contribution in [-0.2, 0) is 16.0 Å². The number of nitrogens with one attached hydrogen (secondary N) is 2. The van der Waals surface area contributed by atoms with Crippen molar-refractivity contribution in [2.24, 2.45) is 0 Å². The fraction of sp³-hybridized carbons (Fsp3) is 0.571. The van der Waals surface area contributed by atoms with Gasteiger partial charge in [0, 0.05) is 6.42 Å². The van der Waals surface area contributed by atoms with Gasteiger partial charge in [-0.3, -0.25) is 9.89 Å². The molecule has 5 nitrogen and oxygen atoms in total. The first kappa shape index (κ1) is 9.91. The monoisotopic (exact) mass is 201 g/mol. The smallest absolute Gasteiger partial charge is 0.306 e. The minimum Gasteiger partial charge on any atom is -0.466 e. The van der Waals surface area contributed by atoms with E-state index in [9.17, 15) is 4.79 Å². The first-order chi connectivity index (χ1) is 6.24. The molecule has 0 saturated heterocycles. The van der Waals surface area contributed by atoms with E-state index in [4.69, 9.17) is 17.0 Å². The minimum absolute atomic E-state index is 0.222. The Kier molecular flexibility index (Phi) is 3.63. The number of ether oxygens (including phenoxy) is 1. The van der Waals surface area contributed by atoms with Crippen LogP contribution in [0, 0.1) is 4.64 Å². The standard InChI is InChI=1S/C7H11N3O2S/c1-2-12-6(11)4-3-5-7(13)9-10-8-5/h2-4H2,1H3,(H2,8,9,10,13). The van der Waals surface area contributed by atoms with Gasteiger partial charge in [-0.25, -0.2) is 5.21 Å². The fourth-order valence-corrected chi connectivity index (χ4v) is 1.09. The number of aromatic amines is 2. The molecule has 0 saturated carbocycles. The van der Waals surface area contributed by atoms with Crippen molar-refractivity contribution in [3.63, 3.8) is 0 Å². The zero-order valence-electron chi connectivity index (χ0n) is 7.29. The molecule has 1 aromatic heterocycles. The summed E-state index contributed by atoms with van der Waals surface area (Å²) in [5, 5.41) is 9.03. The van der Waals surface area contributed by atoms with Crippen LogP contribution in [0.3, 0.4) is 0 Å². The fourth-order valence-electron chi connectivity index (χ4n) is 0.892. The maximum atomic E-state index is 10.9. The van der Waals surface area contributed by atoms with Crippen LogP contribution in [0.2, 0.25) is 0 Å². The van der Waals surface area contributed by atoms with Crippen molar-refractivity contribution in [3.8, 4) is 0 Å². The molecule has 72 valence electrons. The lowest BCUT2D eigenvalue weighted by molar-refractivity contribution is -0.143. The number of carbonyl (C=O) groups excluding carboxylic acids is 1. The first-order valence-electron chi connectivity index (χ1n) is 4.01. The van der Waals surface area contributed by atoms with Gasteiger partial charge in [0.2, 0.25) is 0 Å². The molecule has 0 fully saturated rings. The van der Waals surface area contributed by atoms with Gasteiger partial charge in [-0.2, -0.15) is 5.10 Å². The molecule has 13 heavy (non-hydrogen) atoms. The lowest BCUT2D eigenvalue weighted by Crippen LogP contribution is -2.05. The Bertz CT molecular complexity index is 330. The van der Waals surface area contributed by atoms with E-state index in [1.54, 1.807) is 6.92 Å². The highest BCUT2D eigenvalue weighted by Gasteiger charge is 2.05. The van der Waals surface area contributed by atoms with Gasteiger partial charge in [0.05, 0.1) is 18.7 Å². The van der Waals surface area contributed by atoms with Gasteiger partial charge in [0.15, 0.2) is 0 Å². The number of aromatic nitrogens is 3. The summed E-state index contributed by atoms with van der Waals surface area (Å²) >= 11 is 4.90. The lowest BCUT2D eigenvalue weighted by Gasteiger charge is -1.98. The zero-order valence-corrected chi connectivity index (χ0v) is 8.11. The van der Waals surface area contributed by atoms with Crippen LogP contribution in [0.4, 0.5) is 0 Å². The van der Waals surface area contributed by atoms with E-state index >= 15 is 0 Å². The number of nitrogens with zero attached hydrogens (tertiary/aromatic N) is 1. The number of hydrogen-bond acceptors (Lipinski definition) is 4. The lowest BCUT2D eigenvalue weighted by atomic mass is 10.2. The van der Waals surface area contributed by atoms with Crippen LogP contribution in [0.25, 0.3) is 0 Å². The number of hydrogen-bond donors (Lipinski definition) is 2. The summed E-state index contributed by atoms with van der Waals surface area (Å²) < 4.78 is 5.30. The van der Waals surface area contributed by atoms with Crippen LogP contribution in [-0.4, -0.2) is 28.0 Å². The molecule has 2 N–H and O–H groups in total. The van der Waals surface area contributed by atoms with Crippen LogP contribution >= 0.6 is 12.2 Å². The summed E-state index contributed by atoms with van der Waals surface area (Å²) in [5.74, 6) is -0.222. The predicted molar refractivity (Wildman–Crippen MR) is 48.7 cm³/mol. The Morgan fingerprint density at radius 1 is 1.69 bits per heavy atom. The molecule has 0 bridgehead atoms. The van der Waals surface area contributed by atoms with Crippen LogP contribution < -0.4 is 0 Å². The molecular weight excluding hydrogens is 190 g/mol. The Balaban J connectivity index is 2.39. The first-order valence-corrected chi connectivity index (χ1v) is 4.42. The van der Waals surface area contributed by atoms with E-state index in [0.29, 0.717) is 29.8 Å². The van der Waals surface area contributed by atoms with Crippen molar-refractivity contribution in [1.82, 2.24) is 15.4 Å². The third kappa shape index (κ3) is 2.98. The van der Waals surface area contributed by atoms with E-state index < -0.39 is 0 Å². The van der Waals surface area contributed by atoms with E-state index in [1.165, 1.54) is 0 Å². The highest BCUT2D eigenvalue weighted by Crippen LogP contribution is 1.99. The molecule has 0 aliphatic heterocycles. The maximum Gasteiger partial charge on any atom is 0.306 e. The van der Waals surface area contributed by atoms with E-state index in [1.807, 2.05) is 0 Å². The van der Waals surface area contributed by atoms with Crippen molar-refractivity contribution in [1.29, 1.82) is 0 Å². The molecule has 0 radical (unpaired) electrons. The number of H-pyrrole nitrogens is 2. The van der Waals surface area contributed by atoms with Crippen molar-refractivity contribution >= 4 is 18.2 Å². The molecule has 1 aromatic rings. The Morgan fingerprint density at radius 3 is 3.00 bits per heavy atom.